The van der Waals surface area contributed by atoms with Gasteiger partial charge in [-0.2, -0.15) is 4.98 Å². The number of aryl methyl sites for hydroxylation is 1. The third-order valence-corrected chi connectivity index (χ3v) is 4.17. The fourth-order valence-electron chi connectivity index (χ4n) is 3.04. The van der Waals surface area contributed by atoms with Gasteiger partial charge in [-0.05, 0) is 30.9 Å². The third-order valence-electron chi connectivity index (χ3n) is 4.17. The Morgan fingerprint density at radius 3 is 2.92 bits per heavy atom. The van der Waals surface area contributed by atoms with E-state index >= 15 is 0 Å². The maximum absolute atomic E-state index is 12.9. The Bertz CT molecular complexity index is 748. The first-order valence-corrected chi connectivity index (χ1v) is 7.92. The molecule has 3 rings (SSSR count). The number of anilines is 2. The third kappa shape index (κ3) is 3.02. The summed E-state index contributed by atoms with van der Waals surface area (Å²) >= 11 is 0. The maximum atomic E-state index is 12.9. The second-order valence-corrected chi connectivity index (χ2v) is 5.96. The topological polar surface area (TPSA) is 80.2 Å². The molecule has 126 valence electrons. The molecule has 0 spiro atoms. The van der Waals surface area contributed by atoms with Gasteiger partial charge in [-0.15, -0.1) is 0 Å². The molecule has 0 aliphatic heterocycles. The molecule has 1 aliphatic rings. The van der Waals surface area contributed by atoms with Gasteiger partial charge < -0.3 is 15.0 Å². The summed E-state index contributed by atoms with van der Waals surface area (Å²) in [7, 11) is 5.23. The van der Waals surface area contributed by atoms with Crippen molar-refractivity contribution in [3.8, 4) is 5.88 Å². The molecule has 0 aromatic carbocycles. The van der Waals surface area contributed by atoms with Crippen molar-refractivity contribution < 1.29 is 9.53 Å². The lowest BCUT2D eigenvalue weighted by atomic mass is 9.86. The fraction of sp³-hybridized carbons (Fsp3) is 0.412. The van der Waals surface area contributed by atoms with Crippen molar-refractivity contribution in [2.45, 2.75) is 25.2 Å². The number of hydrogen-bond donors (Lipinski definition) is 1. The van der Waals surface area contributed by atoms with Crippen LogP contribution in [0.5, 0.6) is 5.88 Å². The number of fused-ring (bicyclic) bond motifs is 1. The standard InChI is InChI=1S/C17H21N5O2/c1-22(2)15-14(17(24-3)20-10-19-15)21-16(23)12-8-4-6-11-7-5-9-18-13(11)12/h5,7,9-10,12H,4,6,8H2,1-3H3,(H,21,23)/t12-/m0/s1. The van der Waals surface area contributed by atoms with Gasteiger partial charge >= 0.3 is 0 Å². The highest BCUT2D eigenvalue weighted by Crippen LogP contribution is 2.34. The fourth-order valence-corrected chi connectivity index (χ4v) is 3.04. The van der Waals surface area contributed by atoms with Crippen LogP contribution in [0.25, 0.3) is 0 Å². The molecule has 0 saturated carbocycles. The molecule has 7 nitrogen and oxygen atoms in total. The molecule has 1 amide bonds. The first-order valence-electron chi connectivity index (χ1n) is 7.92. The Morgan fingerprint density at radius 2 is 2.17 bits per heavy atom. The smallest absolute Gasteiger partial charge is 0.242 e. The van der Waals surface area contributed by atoms with Crippen molar-refractivity contribution in [1.82, 2.24) is 15.0 Å². The van der Waals surface area contributed by atoms with E-state index in [1.807, 2.05) is 31.1 Å². The van der Waals surface area contributed by atoms with E-state index in [4.69, 9.17) is 4.74 Å². The molecule has 0 saturated heterocycles. The molecule has 7 heteroatoms. The van der Waals surface area contributed by atoms with Crippen LogP contribution in [0.1, 0.15) is 30.0 Å². The van der Waals surface area contributed by atoms with E-state index in [0.717, 1.165) is 30.5 Å². The molecule has 2 aromatic heterocycles. The van der Waals surface area contributed by atoms with Gasteiger partial charge in [0, 0.05) is 20.3 Å². The van der Waals surface area contributed by atoms with Crippen LogP contribution in [0.4, 0.5) is 11.5 Å². The number of ether oxygens (including phenoxy) is 1. The Balaban J connectivity index is 1.92. The van der Waals surface area contributed by atoms with E-state index in [1.54, 1.807) is 6.20 Å². The van der Waals surface area contributed by atoms with Crippen LogP contribution in [0.3, 0.4) is 0 Å². The minimum atomic E-state index is -0.269. The van der Waals surface area contributed by atoms with Crippen molar-refractivity contribution in [2.75, 3.05) is 31.4 Å². The number of pyridine rings is 1. The zero-order valence-electron chi connectivity index (χ0n) is 14.1. The summed E-state index contributed by atoms with van der Waals surface area (Å²) in [5, 5.41) is 2.95. The lowest BCUT2D eigenvalue weighted by Crippen LogP contribution is -2.27. The van der Waals surface area contributed by atoms with E-state index in [9.17, 15) is 4.79 Å². The van der Waals surface area contributed by atoms with Gasteiger partial charge in [0.25, 0.3) is 0 Å². The molecule has 0 fully saturated rings. The van der Waals surface area contributed by atoms with Gasteiger partial charge in [0.2, 0.25) is 11.8 Å². The van der Waals surface area contributed by atoms with Gasteiger partial charge in [0.15, 0.2) is 5.82 Å². The average Bonchev–Trinajstić information content (AvgIpc) is 2.61. The second-order valence-electron chi connectivity index (χ2n) is 5.96. The van der Waals surface area contributed by atoms with E-state index in [1.165, 1.54) is 13.4 Å². The van der Waals surface area contributed by atoms with Crippen molar-refractivity contribution in [3.63, 3.8) is 0 Å². The van der Waals surface area contributed by atoms with Crippen molar-refractivity contribution >= 4 is 17.4 Å². The lowest BCUT2D eigenvalue weighted by Gasteiger charge is -2.24. The molecule has 2 heterocycles. The van der Waals surface area contributed by atoms with E-state index in [2.05, 4.69) is 20.3 Å². The first kappa shape index (κ1) is 16.2. The van der Waals surface area contributed by atoms with Gasteiger partial charge in [0.05, 0.1) is 18.7 Å². The number of nitrogens with one attached hydrogen (secondary N) is 1. The van der Waals surface area contributed by atoms with E-state index in [0.29, 0.717) is 17.4 Å². The summed E-state index contributed by atoms with van der Waals surface area (Å²) in [5.41, 5.74) is 2.49. The van der Waals surface area contributed by atoms with Crippen LogP contribution < -0.4 is 15.0 Å². The summed E-state index contributed by atoms with van der Waals surface area (Å²) < 4.78 is 5.29. The van der Waals surface area contributed by atoms with Gasteiger partial charge in [-0.3, -0.25) is 9.78 Å². The molecular formula is C17H21N5O2. The Labute approximate surface area is 141 Å². The zero-order chi connectivity index (χ0) is 17.1. The molecule has 2 aromatic rings. The van der Waals surface area contributed by atoms with Crippen LogP contribution in [-0.2, 0) is 11.2 Å². The van der Waals surface area contributed by atoms with Crippen LogP contribution in [0, 0.1) is 0 Å². The second kappa shape index (κ2) is 6.82. The lowest BCUT2D eigenvalue weighted by molar-refractivity contribution is -0.118. The van der Waals surface area contributed by atoms with Crippen LogP contribution >= 0.6 is 0 Å². The van der Waals surface area contributed by atoms with Crippen molar-refractivity contribution in [1.29, 1.82) is 0 Å². The number of hydrogen-bond acceptors (Lipinski definition) is 6. The molecule has 1 atom stereocenters. The first-order chi connectivity index (χ1) is 11.6. The zero-order valence-corrected chi connectivity index (χ0v) is 14.1. The van der Waals surface area contributed by atoms with Crippen molar-refractivity contribution in [3.05, 3.63) is 35.9 Å². The monoisotopic (exact) mass is 327 g/mol. The highest BCUT2D eigenvalue weighted by Gasteiger charge is 2.29. The van der Waals surface area contributed by atoms with Gasteiger partial charge in [0.1, 0.15) is 12.0 Å². The molecule has 1 N–H and O–H groups in total. The predicted molar refractivity (Wildman–Crippen MR) is 91.5 cm³/mol. The Hall–Kier alpha value is -2.70. The Morgan fingerprint density at radius 1 is 1.33 bits per heavy atom. The SMILES string of the molecule is COc1ncnc(N(C)C)c1NC(=O)[C@H]1CCCc2cccnc21. The number of carbonyl (C=O) groups excluding carboxylic acids is 1. The predicted octanol–water partition coefficient (Wildman–Crippen LogP) is 2.00. The molecule has 24 heavy (non-hydrogen) atoms. The summed E-state index contributed by atoms with van der Waals surface area (Å²) in [5.74, 6) is 0.576. The summed E-state index contributed by atoms with van der Waals surface area (Å²) in [6.07, 6.45) is 5.87. The molecule has 0 radical (unpaired) electrons. The molecular weight excluding hydrogens is 306 g/mol. The van der Waals surface area contributed by atoms with Gasteiger partial charge in [-0.25, -0.2) is 4.98 Å². The minimum absolute atomic E-state index is 0.106. The van der Waals surface area contributed by atoms with E-state index in [-0.39, 0.29) is 11.8 Å². The molecule has 1 aliphatic carbocycles. The van der Waals surface area contributed by atoms with Crippen LogP contribution in [-0.4, -0.2) is 42.1 Å². The number of aromatic nitrogens is 3. The Kier molecular flexibility index (Phi) is 4.59. The summed E-state index contributed by atoms with van der Waals surface area (Å²) in [6.45, 7) is 0. The minimum Gasteiger partial charge on any atom is -0.479 e. The average molecular weight is 327 g/mol. The number of amides is 1. The molecule has 0 unspecified atom stereocenters. The van der Waals surface area contributed by atoms with Crippen LogP contribution in [0.15, 0.2) is 24.7 Å². The number of carbonyl (C=O) groups is 1. The largest absolute Gasteiger partial charge is 0.479 e. The van der Waals surface area contributed by atoms with Crippen LogP contribution in [0.2, 0.25) is 0 Å². The quantitative estimate of drug-likeness (QED) is 0.925. The number of methoxy groups -OCH3 is 1. The summed E-state index contributed by atoms with van der Waals surface area (Å²) in [6, 6.07) is 3.95. The number of rotatable bonds is 4. The molecule has 0 bridgehead atoms. The highest BCUT2D eigenvalue weighted by atomic mass is 16.5. The van der Waals surface area contributed by atoms with Crippen molar-refractivity contribution in [2.24, 2.45) is 0 Å². The summed E-state index contributed by atoms with van der Waals surface area (Å²) in [4.78, 5) is 27.5. The number of nitrogens with zero attached hydrogens (tertiary/aromatic N) is 4. The van der Waals surface area contributed by atoms with E-state index < -0.39 is 0 Å². The normalized spacial score (nSPS) is 16.2. The maximum Gasteiger partial charge on any atom is 0.242 e. The van der Waals surface area contributed by atoms with Gasteiger partial charge in [-0.1, -0.05) is 6.07 Å². The highest BCUT2D eigenvalue weighted by molar-refractivity contribution is 5.99.